The van der Waals surface area contributed by atoms with Gasteiger partial charge in [0.25, 0.3) is 0 Å². The van der Waals surface area contributed by atoms with Crippen LogP contribution in [0.15, 0.2) is 35.3 Å². The lowest BCUT2D eigenvalue weighted by Gasteiger charge is -2.18. The maximum atomic E-state index is 11.8. The average molecular weight is 476 g/mol. The molecule has 1 aromatic rings. The normalized spacial score (nSPS) is 11.3. The van der Waals surface area contributed by atoms with Gasteiger partial charge in [-0.2, -0.15) is 0 Å². The SMILES string of the molecule is CCNC(=NCCCOc1ccccc1)NCCNC(=O)C(C)(C)C.I. The van der Waals surface area contributed by atoms with Crippen LogP contribution in [0.4, 0.5) is 0 Å². The third-order valence-electron chi connectivity index (χ3n) is 3.31. The highest BCUT2D eigenvalue weighted by Gasteiger charge is 2.20. The van der Waals surface area contributed by atoms with E-state index in [1.54, 1.807) is 0 Å². The van der Waals surface area contributed by atoms with Crippen molar-refractivity contribution in [2.45, 2.75) is 34.1 Å². The number of para-hydroxylation sites is 1. The van der Waals surface area contributed by atoms with E-state index >= 15 is 0 Å². The van der Waals surface area contributed by atoms with E-state index in [9.17, 15) is 4.79 Å². The van der Waals surface area contributed by atoms with Gasteiger partial charge >= 0.3 is 0 Å². The van der Waals surface area contributed by atoms with Gasteiger partial charge < -0.3 is 20.7 Å². The zero-order chi connectivity index (χ0) is 18.5. The van der Waals surface area contributed by atoms with Gasteiger partial charge in [-0.25, -0.2) is 0 Å². The Balaban J connectivity index is 0.00000625. The van der Waals surface area contributed by atoms with E-state index in [4.69, 9.17) is 4.74 Å². The van der Waals surface area contributed by atoms with Crippen LogP contribution >= 0.6 is 24.0 Å². The molecule has 148 valence electrons. The zero-order valence-corrected chi connectivity index (χ0v) is 18.6. The minimum Gasteiger partial charge on any atom is -0.494 e. The molecule has 0 aliphatic heterocycles. The Morgan fingerprint density at radius 1 is 1.08 bits per heavy atom. The van der Waals surface area contributed by atoms with Crippen molar-refractivity contribution in [1.29, 1.82) is 0 Å². The molecule has 0 radical (unpaired) electrons. The number of rotatable bonds is 9. The average Bonchev–Trinajstić information content (AvgIpc) is 2.58. The summed E-state index contributed by atoms with van der Waals surface area (Å²) in [6.45, 7) is 11.0. The number of carbonyl (C=O) groups is 1. The maximum Gasteiger partial charge on any atom is 0.225 e. The summed E-state index contributed by atoms with van der Waals surface area (Å²) in [6.07, 6.45) is 0.840. The molecule has 0 saturated carbocycles. The zero-order valence-electron chi connectivity index (χ0n) is 16.3. The monoisotopic (exact) mass is 476 g/mol. The lowest BCUT2D eigenvalue weighted by Crippen LogP contribution is -2.43. The fourth-order valence-corrected chi connectivity index (χ4v) is 1.93. The number of guanidine groups is 1. The number of halogens is 1. The van der Waals surface area contributed by atoms with Crippen molar-refractivity contribution in [2.24, 2.45) is 10.4 Å². The first-order chi connectivity index (χ1) is 11.9. The molecular formula is C19H33IN4O2. The predicted octanol–water partition coefficient (Wildman–Crippen LogP) is 2.79. The lowest BCUT2D eigenvalue weighted by atomic mass is 9.96. The van der Waals surface area contributed by atoms with E-state index in [1.165, 1.54) is 0 Å². The molecule has 1 amide bonds. The Kier molecular flexibility index (Phi) is 12.9. The minimum atomic E-state index is -0.364. The van der Waals surface area contributed by atoms with Crippen LogP contribution in [-0.2, 0) is 4.79 Å². The number of hydrogen-bond acceptors (Lipinski definition) is 3. The second-order valence-electron chi connectivity index (χ2n) is 6.71. The summed E-state index contributed by atoms with van der Waals surface area (Å²) in [5, 5.41) is 9.32. The Hall–Kier alpha value is -1.51. The molecule has 0 aliphatic carbocycles. The molecule has 1 rings (SSSR count). The molecule has 6 nitrogen and oxygen atoms in total. The van der Waals surface area contributed by atoms with E-state index in [0.29, 0.717) is 26.2 Å². The van der Waals surface area contributed by atoms with Crippen molar-refractivity contribution in [3.8, 4) is 5.75 Å². The van der Waals surface area contributed by atoms with Crippen LogP contribution in [0.3, 0.4) is 0 Å². The number of hydrogen-bond donors (Lipinski definition) is 3. The molecule has 0 aromatic heterocycles. The van der Waals surface area contributed by atoms with Gasteiger partial charge in [-0.3, -0.25) is 9.79 Å². The van der Waals surface area contributed by atoms with Gasteiger partial charge in [0.15, 0.2) is 5.96 Å². The van der Waals surface area contributed by atoms with Gasteiger partial charge in [0, 0.05) is 38.0 Å². The van der Waals surface area contributed by atoms with Crippen LogP contribution < -0.4 is 20.7 Å². The number of carbonyl (C=O) groups excluding carboxylic acids is 1. The van der Waals surface area contributed by atoms with Crippen LogP contribution in [0.2, 0.25) is 0 Å². The van der Waals surface area contributed by atoms with Gasteiger partial charge in [0.05, 0.1) is 6.61 Å². The summed E-state index contributed by atoms with van der Waals surface area (Å²) in [5.41, 5.74) is -0.364. The van der Waals surface area contributed by atoms with Gasteiger partial charge in [0.1, 0.15) is 5.75 Å². The number of aliphatic imine (C=N–C) groups is 1. The third-order valence-corrected chi connectivity index (χ3v) is 3.31. The van der Waals surface area contributed by atoms with Gasteiger partial charge in [0.2, 0.25) is 5.91 Å². The van der Waals surface area contributed by atoms with E-state index in [-0.39, 0.29) is 35.3 Å². The fourth-order valence-electron chi connectivity index (χ4n) is 1.93. The van der Waals surface area contributed by atoms with Crippen molar-refractivity contribution in [3.05, 3.63) is 30.3 Å². The summed E-state index contributed by atoms with van der Waals surface area (Å²) in [4.78, 5) is 16.3. The predicted molar refractivity (Wildman–Crippen MR) is 118 cm³/mol. The molecule has 0 atom stereocenters. The van der Waals surface area contributed by atoms with E-state index < -0.39 is 0 Å². The van der Waals surface area contributed by atoms with E-state index in [0.717, 1.165) is 24.7 Å². The van der Waals surface area contributed by atoms with Crippen molar-refractivity contribution in [2.75, 3.05) is 32.8 Å². The summed E-state index contributed by atoms with van der Waals surface area (Å²) in [6, 6.07) is 9.77. The molecule has 0 bridgehead atoms. The number of nitrogens with one attached hydrogen (secondary N) is 3. The molecule has 7 heteroatoms. The molecule has 3 N–H and O–H groups in total. The lowest BCUT2D eigenvalue weighted by molar-refractivity contribution is -0.128. The largest absolute Gasteiger partial charge is 0.494 e. The highest BCUT2D eigenvalue weighted by molar-refractivity contribution is 14.0. The highest BCUT2D eigenvalue weighted by atomic mass is 127. The van der Waals surface area contributed by atoms with Crippen LogP contribution in [0.1, 0.15) is 34.1 Å². The smallest absolute Gasteiger partial charge is 0.225 e. The fraction of sp³-hybridized carbons (Fsp3) is 0.579. The Morgan fingerprint density at radius 3 is 2.35 bits per heavy atom. The molecule has 0 spiro atoms. The van der Waals surface area contributed by atoms with Gasteiger partial charge in [-0.15, -0.1) is 24.0 Å². The summed E-state index contributed by atoms with van der Waals surface area (Å²) < 4.78 is 5.65. The van der Waals surface area contributed by atoms with Crippen molar-refractivity contribution in [1.82, 2.24) is 16.0 Å². The van der Waals surface area contributed by atoms with Gasteiger partial charge in [-0.1, -0.05) is 39.0 Å². The molecular weight excluding hydrogens is 443 g/mol. The standard InChI is InChI=1S/C19H32N4O2.HI/c1-5-20-18(23-14-13-21-17(24)19(2,3)4)22-12-9-15-25-16-10-7-6-8-11-16;/h6-8,10-11H,5,9,12-15H2,1-4H3,(H,21,24)(H2,20,22,23);1H. The quantitative estimate of drug-likeness (QED) is 0.222. The third kappa shape index (κ3) is 11.2. The minimum absolute atomic E-state index is 0. The first-order valence-electron chi connectivity index (χ1n) is 8.92. The summed E-state index contributed by atoms with van der Waals surface area (Å²) >= 11 is 0. The number of nitrogens with zero attached hydrogens (tertiary/aromatic N) is 1. The number of ether oxygens (including phenoxy) is 1. The van der Waals surface area contributed by atoms with Crippen LogP contribution in [0.25, 0.3) is 0 Å². The van der Waals surface area contributed by atoms with Crippen molar-refractivity contribution in [3.63, 3.8) is 0 Å². The molecule has 0 unspecified atom stereocenters. The second-order valence-corrected chi connectivity index (χ2v) is 6.71. The molecule has 26 heavy (non-hydrogen) atoms. The first-order valence-corrected chi connectivity index (χ1v) is 8.92. The van der Waals surface area contributed by atoms with Gasteiger partial charge in [-0.05, 0) is 19.1 Å². The Labute approximate surface area is 174 Å². The number of amides is 1. The Bertz CT molecular complexity index is 530. The van der Waals surface area contributed by atoms with E-state index in [2.05, 4.69) is 20.9 Å². The van der Waals surface area contributed by atoms with Crippen molar-refractivity contribution < 1.29 is 9.53 Å². The molecule has 0 heterocycles. The summed E-state index contributed by atoms with van der Waals surface area (Å²) in [5.74, 6) is 1.69. The van der Waals surface area contributed by atoms with E-state index in [1.807, 2.05) is 58.0 Å². The number of benzene rings is 1. The topological polar surface area (TPSA) is 74.8 Å². The highest BCUT2D eigenvalue weighted by Crippen LogP contribution is 2.11. The second kappa shape index (κ2) is 13.7. The van der Waals surface area contributed by atoms with Crippen LogP contribution in [0.5, 0.6) is 5.75 Å². The molecule has 1 aromatic carbocycles. The maximum absolute atomic E-state index is 11.8. The molecule has 0 fully saturated rings. The van der Waals surface area contributed by atoms with Crippen molar-refractivity contribution >= 4 is 35.8 Å². The Morgan fingerprint density at radius 2 is 1.73 bits per heavy atom. The summed E-state index contributed by atoms with van der Waals surface area (Å²) in [7, 11) is 0. The van der Waals surface area contributed by atoms with Crippen LogP contribution in [-0.4, -0.2) is 44.7 Å². The first kappa shape index (κ1) is 24.5. The van der Waals surface area contributed by atoms with Crippen LogP contribution in [0, 0.1) is 5.41 Å². The molecule has 0 saturated heterocycles. The molecule has 0 aliphatic rings.